The number of hydrogen-bond donors (Lipinski definition) is 2. The molecule has 1 aromatic carbocycles. The minimum atomic E-state index is -1.06. The number of fused-ring (bicyclic) bond motifs is 1. The van der Waals surface area contributed by atoms with E-state index in [1.807, 2.05) is 0 Å². The fraction of sp³-hybridized carbons (Fsp3) is 0.368. The lowest BCUT2D eigenvalue weighted by atomic mass is 9.95. The second-order valence-electron chi connectivity index (χ2n) is 7.49. The summed E-state index contributed by atoms with van der Waals surface area (Å²) >= 11 is 7.59. The van der Waals surface area contributed by atoms with Gasteiger partial charge in [-0.15, -0.1) is 11.8 Å². The van der Waals surface area contributed by atoms with Crippen LogP contribution in [-0.4, -0.2) is 55.2 Å². The molecule has 152 valence electrons. The van der Waals surface area contributed by atoms with Gasteiger partial charge in [-0.3, -0.25) is 9.59 Å². The average molecular weight is 436 g/mol. The van der Waals surface area contributed by atoms with Gasteiger partial charge in [-0.2, -0.15) is 0 Å². The number of aliphatic carboxylic acids is 1. The second kappa shape index (κ2) is 6.77. The fourth-order valence-corrected chi connectivity index (χ4v) is 5.69. The Morgan fingerprint density at radius 2 is 2.03 bits per heavy atom. The van der Waals surface area contributed by atoms with Gasteiger partial charge in [-0.25, -0.2) is 4.79 Å². The summed E-state index contributed by atoms with van der Waals surface area (Å²) in [6, 6.07) is 5.18. The summed E-state index contributed by atoms with van der Waals surface area (Å²) in [5.74, 6) is -1.70. The maximum Gasteiger partial charge on any atom is 0.327 e. The van der Waals surface area contributed by atoms with E-state index in [1.54, 1.807) is 45.0 Å². The number of amides is 2. The number of halogens is 1. The van der Waals surface area contributed by atoms with Crippen LogP contribution in [0.4, 0.5) is 0 Å². The Balaban J connectivity index is 1.60. The van der Waals surface area contributed by atoms with Crippen molar-refractivity contribution in [2.24, 2.45) is 0 Å². The molecule has 2 aliphatic rings. The highest BCUT2D eigenvalue weighted by molar-refractivity contribution is 8.01. The van der Waals surface area contributed by atoms with E-state index in [9.17, 15) is 19.5 Å². The van der Waals surface area contributed by atoms with E-state index in [0.717, 1.165) is 0 Å². The molecule has 0 radical (unpaired) electrons. The fourth-order valence-electron chi connectivity index (χ4n) is 3.84. The van der Waals surface area contributed by atoms with Crippen LogP contribution in [0.2, 0.25) is 5.02 Å². The molecule has 0 aliphatic carbocycles. The minimum absolute atomic E-state index is 0.196. The van der Waals surface area contributed by atoms with Crippen molar-refractivity contribution in [1.82, 2.24) is 15.4 Å². The third-order valence-electron chi connectivity index (χ3n) is 5.18. The molecule has 4 rings (SSSR count). The van der Waals surface area contributed by atoms with Crippen molar-refractivity contribution in [2.45, 2.75) is 43.0 Å². The Kier molecular flexibility index (Phi) is 4.62. The molecule has 2 fully saturated rings. The lowest BCUT2D eigenvalue weighted by Gasteiger charge is -2.43. The predicted octanol–water partition coefficient (Wildman–Crippen LogP) is 2.55. The van der Waals surface area contributed by atoms with Gasteiger partial charge in [0.1, 0.15) is 34.5 Å². The number of β-lactam (4-membered cyclic amide) rings is 1. The van der Waals surface area contributed by atoms with Gasteiger partial charge in [-0.1, -0.05) is 35.0 Å². The Morgan fingerprint density at radius 3 is 2.69 bits per heavy atom. The first-order valence-electron chi connectivity index (χ1n) is 8.88. The summed E-state index contributed by atoms with van der Waals surface area (Å²) in [6.45, 7) is 5.16. The van der Waals surface area contributed by atoms with Gasteiger partial charge in [-0.05, 0) is 26.8 Å². The van der Waals surface area contributed by atoms with Gasteiger partial charge < -0.3 is 19.8 Å². The van der Waals surface area contributed by atoms with Gasteiger partial charge in [0.05, 0.1) is 5.02 Å². The van der Waals surface area contributed by atoms with Crippen LogP contribution >= 0.6 is 23.4 Å². The molecule has 2 aliphatic heterocycles. The highest BCUT2D eigenvalue weighted by Crippen LogP contribution is 2.50. The molecular weight excluding hydrogens is 418 g/mol. The first-order chi connectivity index (χ1) is 13.6. The molecule has 2 N–H and O–H groups in total. The van der Waals surface area contributed by atoms with Gasteiger partial charge in [0, 0.05) is 10.3 Å². The van der Waals surface area contributed by atoms with Gasteiger partial charge in [0.15, 0.2) is 0 Å². The van der Waals surface area contributed by atoms with Crippen LogP contribution in [0.3, 0.4) is 0 Å². The number of benzene rings is 1. The SMILES string of the molecule is Cc1onc(-c2ccccc2Cl)c1C(=O)NC1C(=O)N2C(C(=O)O)C(C)(C)S[C@@H]12. The van der Waals surface area contributed by atoms with Crippen molar-refractivity contribution in [1.29, 1.82) is 0 Å². The lowest BCUT2D eigenvalue weighted by molar-refractivity contribution is -0.159. The van der Waals surface area contributed by atoms with Crippen molar-refractivity contribution >= 4 is 41.1 Å². The smallest absolute Gasteiger partial charge is 0.327 e. The first kappa shape index (κ1) is 19.8. The Hall–Kier alpha value is -2.52. The molecule has 3 heterocycles. The highest BCUT2D eigenvalue weighted by atomic mass is 35.5. The second-order valence-corrected chi connectivity index (χ2v) is 9.67. The summed E-state index contributed by atoms with van der Waals surface area (Å²) in [5, 5.41) is 16.2. The molecule has 2 aromatic rings. The number of carboxylic acid groups (broad SMARTS) is 1. The highest BCUT2D eigenvalue weighted by Gasteiger charge is 2.64. The van der Waals surface area contributed by atoms with Crippen molar-refractivity contribution in [2.75, 3.05) is 0 Å². The number of aryl methyl sites for hydroxylation is 1. The summed E-state index contributed by atoms with van der Waals surface area (Å²) in [6.07, 6.45) is 0. The zero-order chi connectivity index (χ0) is 21.1. The molecule has 29 heavy (non-hydrogen) atoms. The van der Waals surface area contributed by atoms with E-state index in [2.05, 4.69) is 10.5 Å². The summed E-state index contributed by atoms with van der Waals surface area (Å²) < 4.78 is 4.54. The maximum absolute atomic E-state index is 13.0. The largest absolute Gasteiger partial charge is 0.480 e. The summed E-state index contributed by atoms with van der Waals surface area (Å²) in [5.41, 5.74) is 1.03. The molecule has 8 nitrogen and oxygen atoms in total. The Morgan fingerprint density at radius 1 is 1.34 bits per heavy atom. The monoisotopic (exact) mass is 435 g/mol. The van der Waals surface area contributed by atoms with Crippen LogP contribution < -0.4 is 5.32 Å². The van der Waals surface area contributed by atoms with Crippen LogP contribution in [0.5, 0.6) is 0 Å². The molecule has 0 bridgehead atoms. The van der Waals surface area contributed by atoms with Crippen LogP contribution in [-0.2, 0) is 9.59 Å². The predicted molar refractivity (Wildman–Crippen MR) is 107 cm³/mol. The van der Waals surface area contributed by atoms with Crippen LogP contribution in [0.1, 0.15) is 30.0 Å². The van der Waals surface area contributed by atoms with Crippen molar-refractivity contribution < 1.29 is 24.0 Å². The lowest BCUT2D eigenvalue weighted by Crippen LogP contribution is -2.70. The standard InChI is InChI=1S/C19H18ClN3O5S/c1-8-11(12(22-28-8)9-6-4-5-7-10(9)20)15(24)21-13-16(25)23-14(18(26)27)19(2,3)29-17(13)23/h4-7,13-14,17H,1-3H3,(H,21,24)(H,26,27)/t13?,14?,17-/m0/s1. The van der Waals surface area contributed by atoms with Crippen molar-refractivity contribution in [3.05, 3.63) is 40.6 Å². The number of carboxylic acids is 1. The number of hydrogen-bond acceptors (Lipinski definition) is 6. The number of nitrogens with one attached hydrogen (secondary N) is 1. The number of thioether (sulfide) groups is 1. The van der Waals surface area contributed by atoms with Gasteiger partial charge in [0.25, 0.3) is 5.91 Å². The number of aromatic nitrogens is 1. The maximum atomic E-state index is 13.0. The average Bonchev–Trinajstić information content (AvgIpc) is 3.15. The van der Waals surface area contributed by atoms with E-state index < -0.39 is 40.0 Å². The molecular formula is C19H18ClN3O5S. The van der Waals surface area contributed by atoms with Crippen LogP contribution in [0.15, 0.2) is 28.8 Å². The van der Waals surface area contributed by atoms with Crippen molar-refractivity contribution in [3.8, 4) is 11.3 Å². The van der Waals surface area contributed by atoms with Gasteiger partial charge >= 0.3 is 5.97 Å². The molecule has 3 atom stereocenters. The molecule has 2 saturated heterocycles. The summed E-state index contributed by atoms with van der Waals surface area (Å²) in [4.78, 5) is 38.6. The molecule has 10 heteroatoms. The number of carbonyl (C=O) groups excluding carboxylic acids is 2. The van der Waals surface area contributed by atoms with Crippen molar-refractivity contribution in [3.63, 3.8) is 0 Å². The normalized spacial score (nSPS) is 24.8. The van der Waals surface area contributed by atoms with E-state index in [1.165, 1.54) is 16.7 Å². The zero-order valence-electron chi connectivity index (χ0n) is 15.8. The Bertz CT molecular complexity index is 1040. The zero-order valence-corrected chi connectivity index (χ0v) is 17.4. The molecule has 0 spiro atoms. The van der Waals surface area contributed by atoms with Crippen LogP contribution in [0, 0.1) is 6.92 Å². The number of rotatable bonds is 4. The van der Waals surface area contributed by atoms with E-state index in [0.29, 0.717) is 16.3 Å². The third-order valence-corrected chi connectivity index (χ3v) is 7.08. The van der Waals surface area contributed by atoms with E-state index in [-0.39, 0.29) is 11.3 Å². The number of nitrogens with zero attached hydrogens (tertiary/aromatic N) is 2. The molecule has 2 amide bonds. The minimum Gasteiger partial charge on any atom is -0.480 e. The van der Waals surface area contributed by atoms with Gasteiger partial charge in [0.2, 0.25) is 5.91 Å². The topological polar surface area (TPSA) is 113 Å². The molecule has 0 saturated carbocycles. The number of carbonyl (C=O) groups is 3. The molecule has 2 unspecified atom stereocenters. The molecule has 1 aromatic heterocycles. The first-order valence-corrected chi connectivity index (χ1v) is 10.1. The Labute approximate surface area is 175 Å². The van der Waals surface area contributed by atoms with Crippen LogP contribution in [0.25, 0.3) is 11.3 Å². The summed E-state index contributed by atoms with van der Waals surface area (Å²) in [7, 11) is 0. The van der Waals surface area contributed by atoms with E-state index in [4.69, 9.17) is 16.1 Å². The quantitative estimate of drug-likeness (QED) is 0.709. The third kappa shape index (κ3) is 3.00. The van der Waals surface area contributed by atoms with E-state index >= 15 is 0 Å².